The Morgan fingerprint density at radius 3 is 2.45 bits per heavy atom. The van der Waals surface area contributed by atoms with Gasteiger partial charge in [0, 0.05) is 17.0 Å². The summed E-state index contributed by atoms with van der Waals surface area (Å²) in [7, 11) is -2.98. The van der Waals surface area contributed by atoms with Crippen molar-refractivity contribution in [2.75, 3.05) is 31.7 Å². The monoisotopic (exact) mass is 535 g/mol. The van der Waals surface area contributed by atoms with Gasteiger partial charge in [-0.05, 0) is 99.9 Å². The average Bonchev–Trinajstić information content (AvgIpc) is 2.88. The number of fused-ring (bicyclic) bond motifs is 3. The zero-order valence-corrected chi connectivity index (χ0v) is 23.7. The number of rotatable bonds is 13. The maximum Gasteiger partial charge on any atom is 0.330 e. The lowest BCUT2D eigenvalue weighted by Crippen LogP contribution is -2.03. The molecule has 38 heavy (non-hydrogen) atoms. The second-order valence-corrected chi connectivity index (χ2v) is 11.8. The lowest BCUT2D eigenvalue weighted by Gasteiger charge is -2.16. The van der Waals surface area contributed by atoms with E-state index < -0.39 is 7.60 Å². The van der Waals surface area contributed by atoms with Crippen LogP contribution in [0.15, 0.2) is 48.7 Å². The molecule has 0 spiro atoms. The van der Waals surface area contributed by atoms with E-state index in [9.17, 15) is 4.57 Å². The molecule has 2 N–H and O–H groups in total. The number of nitrogen functional groups attached to an aromatic ring is 1. The standard InChI is InChI=1S/C30H38N3O4P/c1-5-36-38(34,37-6-2)16-8-7-15-35-25-13-12-24(22(4)18-25)11-10-23-19-27-26-14-9-21(3)17-28(26)33-30(31)29(27)32-20-23/h9,12-14,17-20H,5-8,10-11,15-16H2,1-4H3,(H2,31,33). The number of pyridine rings is 2. The van der Waals surface area contributed by atoms with Gasteiger partial charge in [0.05, 0.1) is 31.5 Å². The van der Waals surface area contributed by atoms with Gasteiger partial charge in [0.1, 0.15) is 11.3 Å². The van der Waals surface area contributed by atoms with E-state index in [1.54, 1.807) is 0 Å². The molecule has 0 saturated carbocycles. The van der Waals surface area contributed by atoms with E-state index in [4.69, 9.17) is 19.5 Å². The number of nitrogens with zero attached hydrogens (tertiary/aromatic N) is 2. The Morgan fingerprint density at radius 2 is 1.71 bits per heavy atom. The number of benzene rings is 2. The largest absolute Gasteiger partial charge is 0.494 e. The minimum Gasteiger partial charge on any atom is -0.494 e. The molecule has 0 fully saturated rings. The number of hydrogen-bond acceptors (Lipinski definition) is 7. The first-order valence-electron chi connectivity index (χ1n) is 13.4. The minimum absolute atomic E-state index is 0.388. The van der Waals surface area contributed by atoms with Crippen LogP contribution >= 0.6 is 7.60 Å². The molecule has 0 atom stereocenters. The zero-order chi connectivity index (χ0) is 27.1. The molecule has 2 heterocycles. The van der Waals surface area contributed by atoms with E-state index in [-0.39, 0.29) is 0 Å². The van der Waals surface area contributed by atoms with E-state index in [2.05, 4.69) is 60.2 Å². The summed E-state index contributed by atoms with van der Waals surface area (Å²) in [5, 5.41) is 2.12. The van der Waals surface area contributed by atoms with Gasteiger partial charge in [-0.3, -0.25) is 9.55 Å². The summed E-state index contributed by atoms with van der Waals surface area (Å²) in [5.41, 5.74) is 12.7. The van der Waals surface area contributed by atoms with Crippen LogP contribution in [-0.2, 0) is 26.5 Å². The van der Waals surface area contributed by atoms with E-state index in [0.29, 0.717) is 31.8 Å². The van der Waals surface area contributed by atoms with E-state index in [1.165, 1.54) is 16.7 Å². The zero-order valence-electron chi connectivity index (χ0n) is 22.8. The Bertz CT molecular complexity index is 1450. The van der Waals surface area contributed by atoms with Crippen LogP contribution in [0, 0.1) is 13.8 Å². The molecule has 0 aliphatic rings. The van der Waals surface area contributed by atoms with Crippen LogP contribution in [0.4, 0.5) is 5.82 Å². The minimum atomic E-state index is -2.98. The predicted molar refractivity (Wildman–Crippen MR) is 155 cm³/mol. The molecule has 0 saturated heterocycles. The van der Waals surface area contributed by atoms with Crippen LogP contribution in [0.1, 0.15) is 48.9 Å². The molecule has 0 aliphatic heterocycles. The number of unbranched alkanes of at least 4 members (excludes halogenated alkanes) is 1. The van der Waals surface area contributed by atoms with Gasteiger partial charge in [-0.15, -0.1) is 0 Å². The smallest absolute Gasteiger partial charge is 0.330 e. The van der Waals surface area contributed by atoms with Crippen LogP contribution in [0.25, 0.3) is 21.8 Å². The van der Waals surface area contributed by atoms with Crippen molar-refractivity contribution in [3.8, 4) is 5.75 Å². The molecule has 8 heteroatoms. The van der Waals surface area contributed by atoms with Gasteiger partial charge in [0.25, 0.3) is 0 Å². The van der Waals surface area contributed by atoms with Crippen molar-refractivity contribution < 1.29 is 18.3 Å². The molecule has 0 amide bonds. The van der Waals surface area contributed by atoms with Gasteiger partial charge in [0.15, 0.2) is 5.82 Å². The number of aryl methyl sites for hydroxylation is 4. The maximum atomic E-state index is 12.5. The molecule has 4 rings (SSSR count). The molecule has 202 valence electrons. The van der Waals surface area contributed by atoms with E-state index in [0.717, 1.165) is 58.8 Å². The summed E-state index contributed by atoms with van der Waals surface area (Å²) in [5.74, 6) is 1.31. The summed E-state index contributed by atoms with van der Waals surface area (Å²) in [6.07, 6.45) is 5.61. The van der Waals surface area contributed by atoms with Crippen molar-refractivity contribution >= 4 is 35.2 Å². The van der Waals surface area contributed by atoms with Gasteiger partial charge in [-0.25, -0.2) is 4.98 Å². The number of aromatic nitrogens is 2. The highest BCUT2D eigenvalue weighted by Gasteiger charge is 2.22. The number of ether oxygens (including phenoxy) is 1. The predicted octanol–water partition coefficient (Wildman–Crippen LogP) is 7.19. The first kappa shape index (κ1) is 28.0. The van der Waals surface area contributed by atoms with Crippen molar-refractivity contribution in [1.82, 2.24) is 9.97 Å². The lowest BCUT2D eigenvalue weighted by molar-refractivity contribution is 0.218. The van der Waals surface area contributed by atoms with Crippen molar-refractivity contribution in [1.29, 1.82) is 0 Å². The summed E-state index contributed by atoms with van der Waals surface area (Å²) in [6, 6.07) is 14.7. The van der Waals surface area contributed by atoms with Gasteiger partial charge in [-0.1, -0.05) is 18.2 Å². The third kappa shape index (κ3) is 6.90. The Morgan fingerprint density at radius 1 is 0.921 bits per heavy atom. The number of hydrogen-bond donors (Lipinski definition) is 1. The van der Waals surface area contributed by atoms with Gasteiger partial charge in [0.2, 0.25) is 0 Å². The molecule has 0 unspecified atom stereocenters. The van der Waals surface area contributed by atoms with Crippen LogP contribution < -0.4 is 10.5 Å². The van der Waals surface area contributed by atoms with Crippen molar-refractivity contribution in [2.45, 2.75) is 53.4 Å². The maximum absolute atomic E-state index is 12.5. The fraction of sp³-hybridized carbons (Fsp3) is 0.400. The normalized spacial score (nSPS) is 11.9. The molecular weight excluding hydrogens is 497 g/mol. The third-order valence-corrected chi connectivity index (χ3v) is 8.78. The highest BCUT2D eigenvalue weighted by atomic mass is 31.2. The fourth-order valence-corrected chi connectivity index (χ4v) is 6.40. The summed E-state index contributed by atoms with van der Waals surface area (Å²) in [4.78, 5) is 9.19. The molecule has 4 aromatic rings. The Balaban J connectivity index is 1.34. The topological polar surface area (TPSA) is 96.6 Å². The average molecular weight is 536 g/mol. The van der Waals surface area contributed by atoms with Crippen LogP contribution in [0.2, 0.25) is 0 Å². The molecule has 0 aliphatic carbocycles. The Labute approximate surface area is 225 Å². The first-order valence-corrected chi connectivity index (χ1v) is 15.1. The molecule has 2 aromatic carbocycles. The highest BCUT2D eigenvalue weighted by molar-refractivity contribution is 7.53. The summed E-state index contributed by atoms with van der Waals surface area (Å²) >= 11 is 0. The third-order valence-electron chi connectivity index (χ3n) is 6.61. The quantitative estimate of drug-likeness (QED) is 0.110. The van der Waals surface area contributed by atoms with E-state index >= 15 is 0 Å². The van der Waals surface area contributed by atoms with Crippen LogP contribution in [-0.4, -0.2) is 36.0 Å². The second-order valence-electron chi connectivity index (χ2n) is 9.57. The molecular formula is C30H38N3O4P. The fourth-order valence-electron chi connectivity index (χ4n) is 4.67. The Kier molecular flexibility index (Phi) is 9.37. The SMILES string of the molecule is CCOP(=O)(CCCCOc1ccc(CCc2cnc3c(N)nc4cc(C)ccc4c3c2)c(C)c1)OCC. The lowest BCUT2D eigenvalue weighted by atomic mass is 9.99. The molecule has 2 aromatic heterocycles. The van der Waals surface area contributed by atoms with Crippen LogP contribution in [0.3, 0.4) is 0 Å². The van der Waals surface area contributed by atoms with Crippen molar-refractivity contribution in [3.05, 3.63) is 70.9 Å². The molecule has 0 bridgehead atoms. The second kappa shape index (κ2) is 12.7. The molecule has 7 nitrogen and oxygen atoms in total. The number of nitrogens with two attached hydrogens (primary N) is 1. The van der Waals surface area contributed by atoms with E-state index in [1.807, 2.05) is 26.1 Å². The summed E-state index contributed by atoms with van der Waals surface area (Å²) < 4.78 is 29.2. The van der Waals surface area contributed by atoms with Gasteiger partial charge in [-0.2, -0.15) is 0 Å². The first-order chi connectivity index (χ1) is 18.3. The highest BCUT2D eigenvalue weighted by Crippen LogP contribution is 2.48. The number of anilines is 1. The summed E-state index contributed by atoms with van der Waals surface area (Å²) in [6.45, 7) is 9.17. The van der Waals surface area contributed by atoms with Crippen molar-refractivity contribution in [2.24, 2.45) is 0 Å². The Hall–Kier alpha value is -2.99. The van der Waals surface area contributed by atoms with Crippen molar-refractivity contribution in [3.63, 3.8) is 0 Å². The van der Waals surface area contributed by atoms with Gasteiger partial charge >= 0.3 is 7.60 Å². The van der Waals surface area contributed by atoms with Crippen LogP contribution in [0.5, 0.6) is 5.75 Å². The van der Waals surface area contributed by atoms with Gasteiger partial charge < -0.3 is 19.5 Å². The molecule has 0 radical (unpaired) electrons.